The molecule has 0 bridgehead atoms. The predicted molar refractivity (Wildman–Crippen MR) is 122 cm³/mol. The first-order valence-corrected chi connectivity index (χ1v) is 14.2. The van der Waals surface area contributed by atoms with Gasteiger partial charge in [-0.25, -0.2) is 9.50 Å². The Balaban J connectivity index is 1.34. The molecule has 0 aromatic carbocycles. The lowest BCUT2D eigenvalue weighted by Crippen LogP contribution is -2.42. The number of imidazole rings is 1. The van der Waals surface area contributed by atoms with Crippen molar-refractivity contribution in [3.8, 4) is 0 Å². The number of halogens is 1. The molecule has 0 amide bonds. The highest BCUT2D eigenvalue weighted by atomic mass is 35.5. The van der Waals surface area contributed by atoms with Crippen molar-refractivity contribution in [3.05, 3.63) is 17.2 Å². The zero-order valence-corrected chi connectivity index (χ0v) is 20.2. The second kappa shape index (κ2) is 9.51. The van der Waals surface area contributed by atoms with Gasteiger partial charge in [0.15, 0.2) is 28.2 Å². The van der Waals surface area contributed by atoms with E-state index in [1.165, 1.54) is 32.1 Å². The zero-order chi connectivity index (χ0) is 22.3. The molecule has 1 aliphatic carbocycles. The van der Waals surface area contributed by atoms with Gasteiger partial charge in [0.25, 0.3) is 0 Å². The molecule has 3 N–H and O–H groups in total. The van der Waals surface area contributed by atoms with E-state index in [0.717, 1.165) is 37.3 Å². The maximum atomic E-state index is 9.76. The maximum Gasteiger partial charge on any atom is 0.243 e. The van der Waals surface area contributed by atoms with Crippen molar-refractivity contribution in [3.63, 3.8) is 0 Å². The topological polar surface area (TPSA) is 125 Å². The Morgan fingerprint density at radius 3 is 2.75 bits per heavy atom. The van der Waals surface area contributed by atoms with Crippen LogP contribution in [-0.4, -0.2) is 65.0 Å². The Labute approximate surface area is 193 Å². The molecular formula is C19H28ClN5O5P2. The van der Waals surface area contributed by atoms with Crippen LogP contribution in [0.5, 0.6) is 0 Å². The van der Waals surface area contributed by atoms with Crippen LogP contribution in [0.4, 0.5) is 5.82 Å². The smallest absolute Gasteiger partial charge is 0.243 e. The minimum absolute atomic E-state index is 0.135. The molecule has 3 fully saturated rings. The number of fused-ring (bicyclic) bond motifs is 1. The highest BCUT2D eigenvalue weighted by molar-refractivity contribution is 7.63. The summed E-state index contributed by atoms with van der Waals surface area (Å²) < 4.78 is 13.3. The second-order valence-corrected chi connectivity index (χ2v) is 12.0. The van der Waals surface area contributed by atoms with Gasteiger partial charge in [-0.3, -0.25) is 0 Å². The van der Waals surface area contributed by atoms with Crippen LogP contribution in [0.15, 0.2) is 6.20 Å². The van der Waals surface area contributed by atoms with Gasteiger partial charge in [0.2, 0.25) is 5.28 Å². The average Bonchev–Trinajstić information content (AvgIpc) is 3.53. The zero-order valence-electron chi connectivity index (χ0n) is 17.7. The van der Waals surface area contributed by atoms with Gasteiger partial charge in [0, 0.05) is 12.1 Å². The average molecular weight is 504 g/mol. The summed E-state index contributed by atoms with van der Waals surface area (Å²) in [7, 11) is -4.03. The van der Waals surface area contributed by atoms with Gasteiger partial charge < -0.3 is 28.8 Å². The van der Waals surface area contributed by atoms with E-state index in [9.17, 15) is 4.89 Å². The van der Waals surface area contributed by atoms with Crippen LogP contribution in [0.3, 0.4) is 0 Å². The molecule has 13 heteroatoms. The summed E-state index contributed by atoms with van der Waals surface area (Å²) in [6.07, 6.45) is 10.1. The predicted octanol–water partition coefficient (Wildman–Crippen LogP) is 3.49. The second-order valence-electron chi connectivity index (χ2n) is 8.80. The van der Waals surface area contributed by atoms with Gasteiger partial charge in [-0.1, -0.05) is 12.8 Å². The van der Waals surface area contributed by atoms with Gasteiger partial charge in [-0.2, -0.15) is 4.98 Å². The molecule has 2 aliphatic heterocycles. The lowest BCUT2D eigenvalue weighted by Gasteiger charge is -2.36. The molecule has 5 rings (SSSR count). The summed E-state index contributed by atoms with van der Waals surface area (Å²) in [6.45, 7) is 1.16. The van der Waals surface area contributed by atoms with Gasteiger partial charge in [-0.05, 0) is 50.1 Å². The monoisotopic (exact) mass is 503 g/mol. The molecule has 32 heavy (non-hydrogen) atoms. The van der Waals surface area contributed by atoms with Crippen molar-refractivity contribution in [2.75, 3.05) is 24.0 Å². The molecule has 0 radical (unpaired) electrons. The molecule has 3 atom stereocenters. The standard InChI is InChI=1S/C19H28ClN5O5P2/c20-18-22-17(24-9-3-8-19(24)6-1-2-7-19)16-21-10-14(25(16)23-18)15-5-4-13(30-15)11-29-32(28)12-31(26)27/h10,13,15,26-28H,1-9,11-12H2. The van der Waals surface area contributed by atoms with Crippen LogP contribution < -0.4 is 4.90 Å². The summed E-state index contributed by atoms with van der Waals surface area (Å²) in [4.78, 5) is 39.4. The molecule has 4 heterocycles. The van der Waals surface area contributed by atoms with E-state index in [1.807, 2.05) is 0 Å². The molecule has 2 aromatic heterocycles. The minimum atomic E-state index is -2.17. The molecule has 3 aliphatic rings. The van der Waals surface area contributed by atoms with E-state index < -0.39 is 16.8 Å². The number of hydrogen-bond acceptors (Lipinski definition) is 9. The van der Waals surface area contributed by atoms with Crippen molar-refractivity contribution >= 4 is 39.8 Å². The minimum Gasteiger partial charge on any atom is -0.366 e. The number of ether oxygens (including phenoxy) is 1. The van der Waals surface area contributed by atoms with E-state index in [0.29, 0.717) is 5.65 Å². The summed E-state index contributed by atoms with van der Waals surface area (Å²) in [5, 5.41) is 4.63. The number of aromatic nitrogens is 4. The molecule has 1 spiro atoms. The number of nitrogens with zero attached hydrogens (tertiary/aromatic N) is 5. The fourth-order valence-electron chi connectivity index (χ4n) is 5.45. The van der Waals surface area contributed by atoms with Crippen LogP contribution in [0.25, 0.3) is 5.65 Å². The lowest BCUT2D eigenvalue weighted by atomic mass is 9.94. The van der Waals surface area contributed by atoms with Crippen molar-refractivity contribution in [1.29, 1.82) is 0 Å². The third kappa shape index (κ3) is 4.49. The fraction of sp³-hybridized carbons (Fsp3) is 0.737. The number of anilines is 1. The quantitative estimate of drug-likeness (QED) is 0.487. The third-order valence-electron chi connectivity index (χ3n) is 6.83. The number of rotatable bonds is 7. The molecule has 3 unspecified atom stereocenters. The van der Waals surface area contributed by atoms with Crippen molar-refractivity contribution in [2.45, 2.75) is 69.1 Å². The van der Waals surface area contributed by atoms with E-state index in [1.54, 1.807) is 10.7 Å². The van der Waals surface area contributed by atoms with Crippen LogP contribution in [0, 0.1) is 0 Å². The first kappa shape index (κ1) is 23.1. The van der Waals surface area contributed by atoms with Crippen molar-refractivity contribution in [1.82, 2.24) is 19.6 Å². The summed E-state index contributed by atoms with van der Waals surface area (Å²) in [5.41, 5.74) is 1.70. The lowest BCUT2D eigenvalue weighted by molar-refractivity contribution is 0.0151. The van der Waals surface area contributed by atoms with E-state index in [2.05, 4.69) is 20.0 Å². The highest BCUT2D eigenvalue weighted by Gasteiger charge is 2.44. The van der Waals surface area contributed by atoms with Gasteiger partial charge in [0.1, 0.15) is 6.10 Å². The number of hydrogen-bond donors (Lipinski definition) is 3. The molecular weight excluding hydrogens is 476 g/mol. The van der Waals surface area contributed by atoms with Crippen molar-refractivity contribution < 1.29 is 23.9 Å². The van der Waals surface area contributed by atoms with E-state index in [4.69, 9.17) is 30.6 Å². The largest absolute Gasteiger partial charge is 0.366 e. The highest BCUT2D eigenvalue weighted by Crippen LogP contribution is 2.47. The van der Waals surface area contributed by atoms with Crippen LogP contribution in [0.2, 0.25) is 5.28 Å². The fourth-order valence-corrected chi connectivity index (χ4v) is 7.13. The first-order chi connectivity index (χ1) is 15.4. The van der Waals surface area contributed by atoms with Crippen LogP contribution >= 0.6 is 28.4 Å². The SMILES string of the molecule is OP(O)CP(O)OCC1CCC(c2cnc3c(N4CCCC45CCCC5)nc(Cl)nn23)O1. The third-order valence-corrected chi connectivity index (χ3v) is 9.41. The van der Waals surface area contributed by atoms with E-state index >= 15 is 0 Å². The Morgan fingerprint density at radius 1 is 1.19 bits per heavy atom. The molecule has 2 saturated heterocycles. The summed E-state index contributed by atoms with van der Waals surface area (Å²) in [5.74, 6) is 0.675. The van der Waals surface area contributed by atoms with Gasteiger partial charge >= 0.3 is 0 Å². The summed E-state index contributed by atoms with van der Waals surface area (Å²) in [6, 6.07) is 0. The molecule has 176 valence electrons. The Bertz CT molecular complexity index is 954. The maximum absolute atomic E-state index is 9.76. The van der Waals surface area contributed by atoms with Crippen LogP contribution in [0.1, 0.15) is 63.2 Å². The van der Waals surface area contributed by atoms with E-state index in [-0.39, 0.29) is 35.5 Å². The van der Waals surface area contributed by atoms with Crippen LogP contribution in [-0.2, 0) is 9.26 Å². The Hall–Kier alpha value is -0.700. The molecule has 10 nitrogen and oxygen atoms in total. The Kier molecular flexibility index (Phi) is 6.85. The van der Waals surface area contributed by atoms with Gasteiger partial charge in [0.05, 0.1) is 30.5 Å². The first-order valence-electron chi connectivity index (χ1n) is 11.0. The normalized spacial score (nSPS) is 26.2. The van der Waals surface area contributed by atoms with Crippen molar-refractivity contribution in [2.24, 2.45) is 0 Å². The summed E-state index contributed by atoms with van der Waals surface area (Å²) >= 11 is 6.36. The molecule has 2 aromatic rings. The van der Waals surface area contributed by atoms with Gasteiger partial charge in [-0.15, -0.1) is 5.10 Å². The Morgan fingerprint density at radius 2 is 1.97 bits per heavy atom. The molecule has 1 saturated carbocycles.